The van der Waals surface area contributed by atoms with Crippen molar-refractivity contribution in [1.82, 2.24) is 0 Å². The van der Waals surface area contributed by atoms with Crippen LogP contribution in [0, 0.1) is 0 Å². The standard InChI is InChI=1S/4C6H9O7.Na.22H2O.2O.4Sb/c4*7-1-2(8)3(9)4(10)5(11)6(12)13;;;;;;;;;;;;;;;;;;;;;;;;;;;;;/h4*2-5,7-8H,1H2,(H,12,13);;22*1H2;;;;;;/q4*-3;+1;;;;;;;;;;;;;;;;;;;;;;;;;4*+3/p-1/t4*2-,3-,4+,5-;;;;;;;;;;;;;;;;;;;;;;;;;;;;;/m1111............................./s1. The molecule has 8 aliphatic rings. The molecule has 4 unspecified atom stereocenters. The van der Waals surface area contributed by atoms with Crippen LogP contribution in [0.2, 0.25) is 0 Å². The number of aliphatic hydroxyl groups is 8. The van der Waals surface area contributed by atoms with Gasteiger partial charge in [0.15, 0.2) is 0 Å². The molecule has 0 aromatic carbocycles. The molecule has 8 saturated heterocycles. The number of carbonyl (C=O) groups excluding carboxylic acids is 1. The molecule has 8 aliphatic heterocycles. The number of aliphatic carboxylic acids is 4. The van der Waals surface area contributed by atoms with Gasteiger partial charge in [-0.15, -0.1) is 0 Å². The summed E-state index contributed by atoms with van der Waals surface area (Å²) in [4.78, 5) is 45.7. The predicted octanol–water partition coefficient (Wildman–Crippen LogP) is -32.2. The molecule has 8 bridgehead atoms. The predicted molar refractivity (Wildman–Crippen MR) is 243 cm³/mol. The van der Waals surface area contributed by atoms with Crippen LogP contribution in [0.15, 0.2) is 0 Å². The van der Waals surface area contributed by atoms with E-state index in [0.29, 0.717) is 0 Å². The minimum absolute atomic E-state index is 0. The van der Waals surface area contributed by atoms with Crippen molar-refractivity contribution in [2.75, 3.05) is 26.4 Å². The summed E-state index contributed by atoms with van der Waals surface area (Å²) in [5, 5.41) is 116. The molecule has 52 nitrogen and oxygen atoms in total. The van der Waals surface area contributed by atoms with Crippen LogP contribution in [0.5, 0.6) is 0 Å². The molecule has 81 heavy (non-hydrogen) atoms. The minimum atomic E-state index is -5.17. The summed E-state index contributed by atoms with van der Waals surface area (Å²) in [6.45, 7) is -3.02. The summed E-state index contributed by atoms with van der Waals surface area (Å²) in [5.41, 5.74) is 0. The zero-order chi connectivity index (χ0) is 42.3. The maximum Gasteiger partial charge on any atom is 1.00 e. The number of rotatable bonds is 16. The van der Waals surface area contributed by atoms with Crippen LogP contribution in [-0.4, -0.2) is 407 Å². The number of carboxylic acid groups (broad SMARTS) is 4. The fourth-order valence-corrected chi connectivity index (χ4v) is 47.1. The Bertz CT molecular complexity index is 1410. The first-order valence-corrected chi connectivity index (χ1v) is 33.2. The fourth-order valence-electron chi connectivity index (χ4n) is 6.46. The zero-order valence-corrected chi connectivity index (χ0v) is 52.7. The van der Waals surface area contributed by atoms with Gasteiger partial charge in [-0.05, 0) is 0 Å². The van der Waals surface area contributed by atoms with Crippen molar-refractivity contribution in [3.8, 4) is 0 Å². The summed E-state index contributed by atoms with van der Waals surface area (Å²) in [5.74, 6) is -5.95. The quantitative estimate of drug-likeness (QED) is 0.0639. The maximum atomic E-state index is 11.5. The third-order valence-corrected chi connectivity index (χ3v) is 43.7. The van der Waals surface area contributed by atoms with E-state index < -0.39 is 230 Å². The zero-order valence-electron chi connectivity index (χ0n) is 40.5. The van der Waals surface area contributed by atoms with Crippen molar-refractivity contribution in [2.45, 2.75) is 97.7 Å². The van der Waals surface area contributed by atoms with E-state index in [-0.39, 0.29) is 150 Å². The molecule has 57 heteroatoms. The number of aliphatic hydroxyl groups excluding tert-OH is 8. The topological polar surface area (TPSA) is 1140 Å². The Morgan fingerprint density at radius 1 is 0.333 bits per heavy atom. The van der Waals surface area contributed by atoms with E-state index in [1.807, 2.05) is 0 Å². The molecule has 4 radical (unpaired) electrons. The van der Waals surface area contributed by atoms with Crippen LogP contribution in [0.4, 0.5) is 0 Å². The largest absolute Gasteiger partial charge is 1.00 e. The number of fused-ring (bicyclic) bond motifs is 8. The van der Waals surface area contributed by atoms with E-state index >= 15 is 0 Å². The Hall–Kier alpha value is 0.393. The van der Waals surface area contributed by atoms with Crippen LogP contribution in [-0.2, 0) is 58.0 Å². The Morgan fingerprint density at radius 3 is 0.642 bits per heavy atom. The van der Waals surface area contributed by atoms with E-state index in [2.05, 4.69) is 0 Å². The Kier molecular flexibility index (Phi) is 75.7. The summed E-state index contributed by atoms with van der Waals surface area (Å²) in [6, 6.07) is 0. The molecule has 8 rings (SSSR count). The first-order valence-electron chi connectivity index (χ1n) is 16.5. The molecule has 8 fully saturated rings. The SMILES string of the molecule is O.O.O.O.O.O.O.O.O.O.O.O.O.O.O.O.O.O.O.O.O.O.O=C(O)[C@@H]1[O][Sb]2([O][Sb]34[O][C@H]([C@H](O)CO)[C@H]([O]3)[C@H](C(=O)O)[O]4)[O][C@H]([C@H](O)CO)[C@@H]1[O]2.O=C([O-])[C@@H]1[O][Sb]2([O][Sb]34[O][C@H]([C@H](O)CO)[C@H]([O]3)[C@H](C(=O)O)[O]4)[O][C@H]([C@H](O)CO)[C@@H]1[O]2.[Na+]. The van der Waals surface area contributed by atoms with Crippen LogP contribution in [0.25, 0.3) is 0 Å². The second-order valence-electron chi connectivity index (χ2n) is 12.9. The van der Waals surface area contributed by atoms with E-state index in [9.17, 15) is 60.0 Å². The number of hydrogen-bond donors (Lipinski definition) is 11. The van der Waals surface area contributed by atoms with Gasteiger partial charge in [-0.3, -0.25) is 0 Å². The summed E-state index contributed by atoms with van der Waals surface area (Å²) in [7, 11) is 0. The minimum Gasteiger partial charge on any atom is 1.00 e. The molecule has 0 aromatic rings. The first kappa shape index (κ1) is 127. The molecule has 508 valence electrons. The normalized spacial score (nSPS) is 34.0. The molecule has 8 heterocycles. The van der Waals surface area contributed by atoms with E-state index in [0.717, 1.165) is 0 Å². The average molecular weight is 1710 g/mol. The second kappa shape index (κ2) is 48.3. The fraction of sp³-hybridized carbons (Fsp3) is 0.833. The Labute approximate surface area is 495 Å². The number of carboxylic acids is 4. The van der Waals surface area contributed by atoms with E-state index in [4.69, 9.17) is 59.2 Å². The third-order valence-electron chi connectivity index (χ3n) is 9.09. The summed E-state index contributed by atoms with van der Waals surface area (Å²) in [6.07, 6.45) is -22.7. The number of hydrogen-bond acceptors (Lipinski definition) is 27. The Balaban J connectivity index is -0.0000000525. The molecule has 0 saturated carbocycles. The van der Waals surface area contributed by atoms with Crippen molar-refractivity contribution in [2.24, 2.45) is 0 Å². The van der Waals surface area contributed by atoms with E-state index in [1.54, 1.807) is 0 Å². The van der Waals surface area contributed by atoms with Gasteiger partial charge < -0.3 is 120 Å². The molecular weight excluding hydrogens is 1630 g/mol. The van der Waals surface area contributed by atoms with Gasteiger partial charge in [0.2, 0.25) is 0 Å². The van der Waals surface area contributed by atoms with Crippen LogP contribution in [0.1, 0.15) is 0 Å². The average Bonchev–Trinajstić information content (AvgIpc) is 4.07. The number of carbonyl (C=O) groups is 4. The van der Waals surface area contributed by atoms with Gasteiger partial charge in [0.1, 0.15) is 0 Å². The van der Waals surface area contributed by atoms with Crippen molar-refractivity contribution in [3.05, 3.63) is 0 Å². The van der Waals surface area contributed by atoms with Crippen LogP contribution >= 0.6 is 0 Å². The molecule has 0 spiro atoms. The molecule has 0 aliphatic carbocycles. The molecule has 55 N–H and O–H groups in total. The monoisotopic (exact) mass is 1710 g/mol. The van der Waals surface area contributed by atoms with E-state index in [1.165, 1.54) is 0 Å². The van der Waals surface area contributed by atoms with Gasteiger partial charge in [0.25, 0.3) is 0 Å². The van der Waals surface area contributed by atoms with Gasteiger partial charge in [0.05, 0.1) is 0 Å². The molecular formula is C24H79NaO52Sb4. The summed E-state index contributed by atoms with van der Waals surface area (Å²) >= 11 is -20.6. The van der Waals surface area contributed by atoms with Crippen molar-refractivity contribution in [3.63, 3.8) is 0 Å². The second-order valence-corrected chi connectivity index (χ2v) is 37.6. The molecule has 0 amide bonds. The van der Waals surface area contributed by atoms with Gasteiger partial charge in [-0.1, -0.05) is 0 Å². The van der Waals surface area contributed by atoms with Crippen LogP contribution < -0.4 is 34.7 Å². The van der Waals surface area contributed by atoms with Gasteiger partial charge >= 0.3 is 379 Å². The van der Waals surface area contributed by atoms with Crippen molar-refractivity contribution < 1.29 is 269 Å². The van der Waals surface area contributed by atoms with Gasteiger partial charge in [0, 0.05) is 0 Å². The molecule has 20 atom stereocenters. The third kappa shape index (κ3) is 23.7. The smallest absolute Gasteiger partial charge is 1.00 e. The van der Waals surface area contributed by atoms with Crippen molar-refractivity contribution >= 4 is 106 Å². The first-order chi connectivity index (χ1) is 27.3. The van der Waals surface area contributed by atoms with Crippen LogP contribution in [0.3, 0.4) is 0 Å². The summed E-state index contributed by atoms with van der Waals surface area (Å²) < 4.78 is 76.8. The molecule has 0 aromatic heterocycles. The Morgan fingerprint density at radius 2 is 0.494 bits per heavy atom. The van der Waals surface area contributed by atoms with Gasteiger partial charge in [-0.2, -0.15) is 0 Å². The maximum absolute atomic E-state index is 11.5. The van der Waals surface area contributed by atoms with Gasteiger partial charge in [-0.25, -0.2) is 0 Å². The van der Waals surface area contributed by atoms with Crippen molar-refractivity contribution in [1.29, 1.82) is 0 Å².